The number of aromatic nitrogens is 2. The Bertz CT molecular complexity index is 971. The van der Waals surface area contributed by atoms with Gasteiger partial charge in [-0.25, -0.2) is 9.97 Å². The number of rotatable bonds is 13. The lowest BCUT2D eigenvalue weighted by Gasteiger charge is -2.35. The Morgan fingerprint density at radius 3 is 1.95 bits per heavy atom. The number of unbranched alkanes of at least 4 members (excludes halogenated alkanes) is 6. The van der Waals surface area contributed by atoms with Gasteiger partial charge in [-0.05, 0) is 86.7 Å². The Morgan fingerprint density at radius 1 is 0.737 bits per heavy atom. The zero-order valence-electron chi connectivity index (χ0n) is 24.3. The lowest BCUT2D eigenvalue weighted by molar-refractivity contribution is 0.223. The van der Waals surface area contributed by atoms with Gasteiger partial charge in [0.25, 0.3) is 0 Å². The Morgan fingerprint density at radius 2 is 1.34 bits per heavy atom. The number of benzene rings is 1. The van der Waals surface area contributed by atoms with E-state index in [2.05, 4.69) is 56.6 Å². The third-order valence-corrected chi connectivity index (χ3v) is 9.78. The molecule has 206 valence electrons. The SMILES string of the molecule is CCCCCCC1CCC(c2cnc(-c3ccc(C4CCC(C#N)(CCCCCC)CC4)cc3)nc2)CC1. The van der Waals surface area contributed by atoms with Gasteiger partial charge >= 0.3 is 0 Å². The number of nitrogens with zero attached hydrogens (tertiary/aromatic N) is 3. The van der Waals surface area contributed by atoms with Crippen molar-refractivity contribution in [1.29, 1.82) is 5.26 Å². The molecule has 2 fully saturated rings. The van der Waals surface area contributed by atoms with Crippen LogP contribution in [0.25, 0.3) is 11.4 Å². The molecule has 0 amide bonds. The van der Waals surface area contributed by atoms with E-state index in [1.54, 1.807) is 0 Å². The molecule has 1 aromatic carbocycles. The van der Waals surface area contributed by atoms with Crippen molar-refractivity contribution in [3.8, 4) is 17.5 Å². The topological polar surface area (TPSA) is 49.6 Å². The first-order valence-corrected chi connectivity index (χ1v) is 16.0. The first-order chi connectivity index (χ1) is 18.7. The van der Waals surface area contributed by atoms with Crippen LogP contribution in [0.1, 0.15) is 152 Å². The van der Waals surface area contributed by atoms with Gasteiger partial charge in [-0.2, -0.15) is 5.26 Å². The molecule has 1 heterocycles. The number of nitriles is 1. The highest BCUT2D eigenvalue weighted by molar-refractivity contribution is 5.55. The van der Waals surface area contributed by atoms with Gasteiger partial charge in [-0.3, -0.25) is 0 Å². The lowest BCUT2D eigenvalue weighted by atomic mass is 9.67. The van der Waals surface area contributed by atoms with Crippen molar-refractivity contribution >= 4 is 0 Å². The van der Waals surface area contributed by atoms with Crippen molar-refractivity contribution < 1.29 is 0 Å². The normalized spacial score (nSPS) is 25.7. The second-order valence-electron chi connectivity index (χ2n) is 12.5. The van der Waals surface area contributed by atoms with E-state index in [4.69, 9.17) is 9.97 Å². The second kappa shape index (κ2) is 14.8. The molecule has 38 heavy (non-hydrogen) atoms. The molecule has 2 aliphatic rings. The van der Waals surface area contributed by atoms with Crippen LogP contribution in [0.15, 0.2) is 36.7 Å². The van der Waals surface area contributed by atoms with Crippen LogP contribution in [0.5, 0.6) is 0 Å². The van der Waals surface area contributed by atoms with Crippen LogP contribution < -0.4 is 0 Å². The lowest BCUT2D eigenvalue weighted by Crippen LogP contribution is -2.25. The summed E-state index contributed by atoms with van der Waals surface area (Å²) >= 11 is 0. The van der Waals surface area contributed by atoms with Crippen molar-refractivity contribution in [2.45, 2.75) is 141 Å². The molecule has 0 N–H and O–H groups in total. The van der Waals surface area contributed by atoms with E-state index in [0.717, 1.165) is 49.4 Å². The summed E-state index contributed by atoms with van der Waals surface area (Å²) < 4.78 is 0. The summed E-state index contributed by atoms with van der Waals surface area (Å²) in [7, 11) is 0. The van der Waals surface area contributed by atoms with Crippen molar-refractivity contribution in [2.75, 3.05) is 0 Å². The maximum Gasteiger partial charge on any atom is 0.159 e. The third-order valence-electron chi connectivity index (χ3n) is 9.78. The largest absolute Gasteiger partial charge is 0.236 e. The molecule has 0 unspecified atom stereocenters. The minimum atomic E-state index is -0.0757. The molecule has 2 saturated carbocycles. The van der Waals surface area contributed by atoms with Crippen LogP contribution in [0.4, 0.5) is 0 Å². The van der Waals surface area contributed by atoms with Crippen LogP contribution in [-0.4, -0.2) is 9.97 Å². The van der Waals surface area contributed by atoms with Gasteiger partial charge in [0, 0.05) is 18.0 Å². The summed E-state index contributed by atoms with van der Waals surface area (Å²) in [6, 6.07) is 11.7. The summed E-state index contributed by atoms with van der Waals surface area (Å²) in [6.45, 7) is 4.54. The molecule has 2 aliphatic carbocycles. The smallest absolute Gasteiger partial charge is 0.159 e. The van der Waals surface area contributed by atoms with Crippen molar-refractivity contribution in [2.24, 2.45) is 11.3 Å². The van der Waals surface area contributed by atoms with Crippen LogP contribution in [0, 0.1) is 22.7 Å². The fourth-order valence-corrected chi connectivity index (χ4v) is 7.06. The highest BCUT2D eigenvalue weighted by Gasteiger charge is 2.35. The summed E-state index contributed by atoms with van der Waals surface area (Å²) in [6.07, 6.45) is 27.0. The van der Waals surface area contributed by atoms with Gasteiger partial charge in [-0.15, -0.1) is 0 Å². The summed E-state index contributed by atoms with van der Waals surface area (Å²) in [5.41, 5.74) is 3.77. The van der Waals surface area contributed by atoms with Crippen molar-refractivity contribution in [3.05, 3.63) is 47.8 Å². The molecule has 0 saturated heterocycles. The zero-order valence-corrected chi connectivity index (χ0v) is 24.3. The standard InChI is InChI=1S/C35H51N3/c1-3-5-7-9-11-28-12-14-30(15-13-28)33-25-37-34(38-26-33)32-18-16-29(17-19-32)31-20-23-35(27-36,24-21-31)22-10-8-6-4-2/h16-19,25-26,28,30-31H,3-15,20-24H2,1-2H3. The van der Waals surface area contributed by atoms with Crippen molar-refractivity contribution in [1.82, 2.24) is 9.97 Å². The fourth-order valence-electron chi connectivity index (χ4n) is 7.06. The molecule has 3 heteroatoms. The van der Waals surface area contributed by atoms with Crippen molar-refractivity contribution in [3.63, 3.8) is 0 Å². The van der Waals surface area contributed by atoms with Gasteiger partial charge in [0.1, 0.15) is 0 Å². The molecule has 2 aromatic rings. The zero-order chi connectivity index (χ0) is 26.6. The Kier molecular flexibility index (Phi) is 11.2. The summed E-state index contributed by atoms with van der Waals surface area (Å²) in [5.74, 6) is 2.99. The van der Waals surface area contributed by atoms with Gasteiger partial charge in [0.15, 0.2) is 5.82 Å². The summed E-state index contributed by atoms with van der Waals surface area (Å²) in [4.78, 5) is 9.56. The van der Waals surface area contributed by atoms with Crippen LogP contribution in [-0.2, 0) is 0 Å². The molecule has 3 nitrogen and oxygen atoms in total. The first-order valence-electron chi connectivity index (χ1n) is 16.0. The maximum absolute atomic E-state index is 9.92. The monoisotopic (exact) mass is 513 g/mol. The first kappa shape index (κ1) is 28.8. The predicted molar refractivity (Wildman–Crippen MR) is 159 cm³/mol. The quantitative estimate of drug-likeness (QED) is 0.250. The molecular formula is C35H51N3. The highest BCUT2D eigenvalue weighted by Crippen LogP contribution is 2.46. The number of hydrogen-bond acceptors (Lipinski definition) is 3. The van der Waals surface area contributed by atoms with E-state index in [-0.39, 0.29) is 5.41 Å². The van der Waals surface area contributed by atoms with Gasteiger partial charge in [-0.1, -0.05) is 95.9 Å². The summed E-state index contributed by atoms with van der Waals surface area (Å²) in [5, 5.41) is 9.92. The second-order valence-corrected chi connectivity index (χ2v) is 12.5. The average molecular weight is 514 g/mol. The minimum absolute atomic E-state index is 0.0757. The molecule has 0 radical (unpaired) electrons. The van der Waals surface area contributed by atoms with Gasteiger partial charge in [0.05, 0.1) is 11.5 Å². The number of hydrogen-bond donors (Lipinski definition) is 0. The van der Waals surface area contributed by atoms with Crippen LogP contribution in [0.2, 0.25) is 0 Å². The molecular weight excluding hydrogens is 462 g/mol. The van der Waals surface area contributed by atoms with E-state index < -0.39 is 0 Å². The molecule has 4 rings (SSSR count). The van der Waals surface area contributed by atoms with Crippen LogP contribution >= 0.6 is 0 Å². The fraction of sp³-hybridized carbons (Fsp3) is 0.686. The Hall–Kier alpha value is -2.21. The molecule has 0 spiro atoms. The highest BCUT2D eigenvalue weighted by atomic mass is 14.9. The average Bonchev–Trinajstić information content (AvgIpc) is 2.98. The Labute approximate surface area is 232 Å². The molecule has 0 atom stereocenters. The van der Waals surface area contributed by atoms with E-state index in [9.17, 15) is 5.26 Å². The van der Waals surface area contributed by atoms with Crippen LogP contribution in [0.3, 0.4) is 0 Å². The van der Waals surface area contributed by atoms with E-state index >= 15 is 0 Å². The Balaban J connectivity index is 1.25. The maximum atomic E-state index is 9.92. The van der Waals surface area contributed by atoms with E-state index in [1.165, 1.54) is 94.6 Å². The van der Waals surface area contributed by atoms with E-state index in [0.29, 0.717) is 11.8 Å². The third kappa shape index (κ3) is 7.91. The van der Waals surface area contributed by atoms with Gasteiger partial charge < -0.3 is 0 Å². The van der Waals surface area contributed by atoms with E-state index in [1.807, 2.05) is 0 Å². The molecule has 0 aliphatic heterocycles. The molecule has 0 bridgehead atoms. The minimum Gasteiger partial charge on any atom is -0.236 e. The predicted octanol–water partition coefficient (Wildman–Crippen LogP) is 10.5. The molecule has 1 aromatic heterocycles. The van der Waals surface area contributed by atoms with Gasteiger partial charge in [0.2, 0.25) is 0 Å².